The maximum atomic E-state index is 12.0. The summed E-state index contributed by atoms with van der Waals surface area (Å²) in [5.41, 5.74) is 0. The number of carbonyl (C=O) groups is 3. The van der Waals surface area contributed by atoms with E-state index >= 15 is 0 Å². The fourth-order valence-electron chi connectivity index (χ4n) is 1.67. The summed E-state index contributed by atoms with van der Waals surface area (Å²) in [5.74, 6) is -0.487. The molecule has 6 nitrogen and oxygen atoms in total. The lowest BCUT2D eigenvalue weighted by molar-refractivity contribution is -0.139. The van der Waals surface area contributed by atoms with Gasteiger partial charge in [-0.2, -0.15) is 0 Å². The van der Waals surface area contributed by atoms with Gasteiger partial charge in [-0.25, -0.2) is 0 Å². The molecule has 0 spiro atoms. The molecule has 128 valence electrons. The zero-order valence-electron chi connectivity index (χ0n) is 13.7. The van der Waals surface area contributed by atoms with Gasteiger partial charge in [0.05, 0.1) is 6.04 Å². The van der Waals surface area contributed by atoms with Crippen molar-refractivity contribution in [1.29, 1.82) is 0 Å². The second-order valence-electron chi connectivity index (χ2n) is 5.59. The number of carboxylic acids is 1. The van der Waals surface area contributed by atoms with Crippen LogP contribution in [0.25, 0.3) is 0 Å². The zero-order chi connectivity index (χ0) is 17.3. The minimum atomic E-state index is -0.890. The average molecular weight is 351 g/mol. The Labute approximate surface area is 140 Å². The molecule has 22 heavy (non-hydrogen) atoms. The van der Waals surface area contributed by atoms with Crippen LogP contribution in [0.3, 0.4) is 0 Å². The summed E-state index contributed by atoms with van der Waals surface area (Å²) in [5, 5.41) is 14.7. The van der Waals surface area contributed by atoms with Crippen molar-refractivity contribution in [3.8, 4) is 0 Å². The van der Waals surface area contributed by atoms with Crippen molar-refractivity contribution in [2.45, 2.75) is 52.7 Å². The van der Waals surface area contributed by atoms with Crippen molar-refractivity contribution in [2.24, 2.45) is 5.92 Å². The monoisotopic (exact) mass is 350 g/mol. The molecule has 0 saturated carbocycles. The Kier molecular flexibility index (Phi) is 10.5. The van der Waals surface area contributed by atoms with Gasteiger partial charge >= 0.3 is 5.97 Å². The Balaban J connectivity index is 4.34. The molecule has 1 amide bonds. The van der Waals surface area contributed by atoms with E-state index < -0.39 is 18.1 Å². The van der Waals surface area contributed by atoms with Gasteiger partial charge in [-0.3, -0.25) is 14.4 Å². The highest BCUT2D eigenvalue weighted by molar-refractivity contribution is 8.76. The topological polar surface area (TPSA) is 95.5 Å². The van der Waals surface area contributed by atoms with Crippen LogP contribution in [0, 0.1) is 5.92 Å². The number of carboxylic acid groups (broad SMARTS) is 1. The molecule has 0 aromatic carbocycles. The van der Waals surface area contributed by atoms with E-state index in [-0.39, 0.29) is 23.7 Å². The van der Waals surface area contributed by atoms with E-state index in [0.29, 0.717) is 11.5 Å². The third-order valence-corrected chi connectivity index (χ3v) is 5.10. The standard InChI is InChI=1S/C14H26N2O4S2/c1-8(2)13(18)11(16-10(5)17)6-21-22-7-12(14(19)20)15-9(3)4/h8-9,11-12,15H,6-7H2,1-5H3,(H,16,17)(H,19,20). The molecule has 0 heterocycles. The van der Waals surface area contributed by atoms with Crippen molar-refractivity contribution < 1.29 is 19.5 Å². The van der Waals surface area contributed by atoms with E-state index in [1.165, 1.54) is 28.5 Å². The zero-order valence-corrected chi connectivity index (χ0v) is 15.3. The maximum Gasteiger partial charge on any atom is 0.321 e. The van der Waals surface area contributed by atoms with Gasteiger partial charge in [-0.15, -0.1) is 0 Å². The highest BCUT2D eigenvalue weighted by Crippen LogP contribution is 2.24. The number of hydrogen-bond acceptors (Lipinski definition) is 6. The van der Waals surface area contributed by atoms with E-state index in [4.69, 9.17) is 5.11 Å². The Morgan fingerprint density at radius 2 is 1.50 bits per heavy atom. The van der Waals surface area contributed by atoms with Crippen LogP contribution in [0.15, 0.2) is 0 Å². The molecule has 0 aromatic rings. The normalized spacial score (nSPS) is 14.0. The van der Waals surface area contributed by atoms with Gasteiger partial charge in [0.25, 0.3) is 0 Å². The molecule has 0 saturated heterocycles. The number of nitrogens with one attached hydrogen (secondary N) is 2. The summed E-state index contributed by atoms with van der Waals surface area (Å²) in [6, 6.07) is -1.07. The van der Waals surface area contributed by atoms with E-state index in [9.17, 15) is 14.4 Å². The maximum absolute atomic E-state index is 12.0. The summed E-state index contributed by atoms with van der Waals surface area (Å²) in [7, 11) is 2.79. The Bertz CT molecular complexity index is 389. The minimum absolute atomic E-state index is 0.0154. The van der Waals surface area contributed by atoms with E-state index in [2.05, 4.69) is 10.6 Å². The molecule has 0 aliphatic heterocycles. The molecule has 0 fully saturated rings. The van der Waals surface area contributed by atoms with Gasteiger partial charge in [0.1, 0.15) is 6.04 Å². The van der Waals surface area contributed by atoms with Gasteiger partial charge in [0, 0.05) is 30.4 Å². The molecule has 0 aliphatic carbocycles. The van der Waals surface area contributed by atoms with Crippen molar-refractivity contribution in [3.05, 3.63) is 0 Å². The number of hydrogen-bond donors (Lipinski definition) is 3. The van der Waals surface area contributed by atoms with Crippen LogP contribution < -0.4 is 10.6 Å². The molecule has 0 rings (SSSR count). The van der Waals surface area contributed by atoms with Gasteiger partial charge in [-0.05, 0) is 0 Å². The number of carbonyl (C=O) groups excluding carboxylic acids is 2. The second kappa shape index (κ2) is 10.9. The largest absolute Gasteiger partial charge is 0.480 e. The van der Waals surface area contributed by atoms with Crippen LogP contribution in [0.2, 0.25) is 0 Å². The Morgan fingerprint density at radius 1 is 1.00 bits per heavy atom. The molecule has 3 N–H and O–H groups in total. The summed E-state index contributed by atoms with van der Waals surface area (Å²) in [6.45, 7) is 8.75. The number of ketones is 1. The highest BCUT2D eigenvalue weighted by atomic mass is 33.1. The van der Waals surface area contributed by atoms with Gasteiger partial charge < -0.3 is 15.7 Å². The quantitative estimate of drug-likeness (QED) is 0.384. The first-order valence-electron chi connectivity index (χ1n) is 7.19. The lowest BCUT2D eigenvalue weighted by Crippen LogP contribution is -2.43. The van der Waals surface area contributed by atoms with Crippen molar-refractivity contribution in [1.82, 2.24) is 10.6 Å². The Hall–Kier alpha value is -0.730. The molecule has 0 aromatic heterocycles. The number of amides is 1. The summed E-state index contributed by atoms with van der Waals surface area (Å²) < 4.78 is 0. The first-order valence-corrected chi connectivity index (χ1v) is 9.68. The van der Waals surface area contributed by atoms with E-state index in [0.717, 1.165) is 0 Å². The summed E-state index contributed by atoms with van der Waals surface area (Å²) in [4.78, 5) is 34.3. The lowest BCUT2D eigenvalue weighted by Gasteiger charge is -2.19. The molecular formula is C14H26N2O4S2. The van der Waals surface area contributed by atoms with Crippen LogP contribution in [0.1, 0.15) is 34.6 Å². The molecule has 0 aliphatic rings. The first kappa shape index (κ1) is 21.3. The number of aliphatic carboxylic acids is 1. The predicted octanol–water partition coefficient (Wildman–Crippen LogP) is 1.55. The van der Waals surface area contributed by atoms with E-state index in [1.54, 1.807) is 13.8 Å². The molecule has 8 heteroatoms. The molecule has 0 bridgehead atoms. The minimum Gasteiger partial charge on any atom is -0.480 e. The summed E-state index contributed by atoms with van der Waals surface area (Å²) >= 11 is 0. The van der Waals surface area contributed by atoms with Crippen LogP contribution >= 0.6 is 21.6 Å². The fourth-order valence-corrected chi connectivity index (χ4v) is 4.01. The van der Waals surface area contributed by atoms with Crippen molar-refractivity contribution >= 4 is 39.2 Å². The third kappa shape index (κ3) is 9.32. The molecule has 2 atom stereocenters. The van der Waals surface area contributed by atoms with Gasteiger partial charge in [-0.1, -0.05) is 49.3 Å². The SMILES string of the molecule is CC(=O)NC(CSSCC(NC(C)C)C(=O)O)C(=O)C(C)C. The molecule has 0 radical (unpaired) electrons. The predicted molar refractivity (Wildman–Crippen MR) is 92.1 cm³/mol. The Morgan fingerprint density at radius 3 is 1.86 bits per heavy atom. The number of Topliss-reactive ketones (excluding diaryl/α,β-unsaturated/α-hetero) is 1. The van der Waals surface area contributed by atoms with Crippen LogP contribution in [-0.2, 0) is 14.4 Å². The molecule has 2 unspecified atom stereocenters. The number of rotatable bonds is 11. The second-order valence-corrected chi connectivity index (χ2v) is 8.14. The smallest absolute Gasteiger partial charge is 0.321 e. The van der Waals surface area contributed by atoms with Gasteiger partial charge in [0.2, 0.25) is 5.91 Å². The molecular weight excluding hydrogens is 324 g/mol. The average Bonchev–Trinajstić information content (AvgIpc) is 2.38. The van der Waals surface area contributed by atoms with E-state index in [1.807, 2.05) is 13.8 Å². The van der Waals surface area contributed by atoms with Crippen LogP contribution in [0.5, 0.6) is 0 Å². The van der Waals surface area contributed by atoms with Crippen molar-refractivity contribution in [2.75, 3.05) is 11.5 Å². The van der Waals surface area contributed by atoms with Crippen LogP contribution in [-0.4, -0.2) is 52.4 Å². The highest BCUT2D eigenvalue weighted by Gasteiger charge is 2.23. The van der Waals surface area contributed by atoms with Crippen LogP contribution in [0.4, 0.5) is 0 Å². The van der Waals surface area contributed by atoms with Gasteiger partial charge in [0.15, 0.2) is 5.78 Å². The third-order valence-electron chi connectivity index (χ3n) is 2.68. The summed E-state index contributed by atoms with van der Waals surface area (Å²) in [6.07, 6.45) is 0. The first-order chi connectivity index (χ1) is 10.1. The fraction of sp³-hybridized carbons (Fsp3) is 0.786. The van der Waals surface area contributed by atoms with Crippen molar-refractivity contribution in [3.63, 3.8) is 0 Å². The lowest BCUT2D eigenvalue weighted by atomic mass is 10.0.